The first-order valence-electron chi connectivity index (χ1n) is 4.84. The number of rotatable bonds is 1. The molecule has 0 amide bonds. The van der Waals surface area contributed by atoms with Gasteiger partial charge in [-0.15, -0.1) is 0 Å². The average Bonchev–Trinajstić information content (AvgIpc) is 2.19. The first kappa shape index (κ1) is 10.7. The number of allylic oxidation sites excluding steroid dienone is 1. The van der Waals surface area contributed by atoms with Gasteiger partial charge >= 0.3 is 0 Å². The van der Waals surface area contributed by atoms with Crippen molar-refractivity contribution >= 4 is 5.57 Å². The summed E-state index contributed by atoms with van der Waals surface area (Å²) in [5.41, 5.74) is 1.24. The molecule has 1 aliphatic carbocycles. The highest BCUT2D eigenvalue weighted by Gasteiger charge is 2.25. The minimum atomic E-state index is -1.98. The summed E-state index contributed by atoms with van der Waals surface area (Å²) in [6, 6.07) is 6.30. The molecule has 0 saturated carbocycles. The highest BCUT2D eigenvalue weighted by atomic mass is 16.5. The van der Waals surface area contributed by atoms with Gasteiger partial charge in [0.2, 0.25) is 0 Å². The summed E-state index contributed by atoms with van der Waals surface area (Å²) in [5.74, 6) is -2.02. The van der Waals surface area contributed by atoms with Gasteiger partial charge in [0.15, 0.2) is 5.79 Å². The maximum absolute atomic E-state index is 9.64. The molecule has 4 heteroatoms. The van der Waals surface area contributed by atoms with Gasteiger partial charge in [-0.2, -0.15) is 0 Å². The molecule has 0 heterocycles. The summed E-state index contributed by atoms with van der Waals surface area (Å²) in [7, 11) is 0. The fourth-order valence-corrected chi connectivity index (χ4v) is 1.62. The van der Waals surface area contributed by atoms with Crippen molar-refractivity contribution in [1.29, 1.82) is 0 Å². The monoisotopic (exact) mass is 220 g/mol. The van der Waals surface area contributed by atoms with Gasteiger partial charge < -0.3 is 20.4 Å². The van der Waals surface area contributed by atoms with Gasteiger partial charge in [0.05, 0.1) is 0 Å². The van der Waals surface area contributed by atoms with Gasteiger partial charge in [0.1, 0.15) is 11.5 Å². The third-order valence-corrected chi connectivity index (χ3v) is 2.43. The molecule has 2 rings (SSSR count). The van der Waals surface area contributed by atoms with Crippen molar-refractivity contribution in [2.75, 3.05) is 0 Å². The Balaban J connectivity index is 2.34. The first-order chi connectivity index (χ1) is 7.48. The van der Waals surface area contributed by atoms with Crippen LogP contribution in [-0.4, -0.2) is 26.2 Å². The molecule has 4 N–H and O–H groups in total. The molecule has 0 spiro atoms. The van der Waals surface area contributed by atoms with E-state index in [1.54, 1.807) is 18.2 Å². The SMILES string of the molecule is OC1=CC(O)(O)CC=C1c1ccc(O)cc1. The van der Waals surface area contributed by atoms with E-state index in [1.807, 2.05) is 0 Å². The lowest BCUT2D eigenvalue weighted by Crippen LogP contribution is -2.27. The minimum absolute atomic E-state index is 0.0211. The van der Waals surface area contributed by atoms with E-state index < -0.39 is 5.79 Å². The molecule has 0 saturated heterocycles. The van der Waals surface area contributed by atoms with Crippen LogP contribution in [0.25, 0.3) is 5.57 Å². The van der Waals surface area contributed by atoms with Crippen molar-refractivity contribution < 1.29 is 20.4 Å². The Morgan fingerprint density at radius 3 is 2.19 bits per heavy atom. The Morgan fingerprint density at radius 2 is 1.62 bits per heavy atom. The van der Waals surface area contributed by atoms with Gasteiger partial charge in [0.25, 0.3) is 0 Å². The number of aliphatic hydroxyl groups is 3. The van der Waals surface area contributed by atoms with Gasteiger partial charge in [0, 0.05) is 18.1 Å². The zero-order chi connectivity index (χ0) is 11.8. The average molecular weight is 220 g/mol. The summed E-state index contributed by atoms with van der Waals surface area (Å²) in [4.78, 5) is 0. The van der Waals surface area contributed by atoms with Gasteiger partial charge in [-0.1, -0.05) is 18.2 Å². The molecule has 0 radical (unpaired) electrons. The molecule has 1 aromatic carbocycles. The second-order valence-electron chi connectivity index (χ2n) is 3.78. The molecule has 1 aromatic rings. The minimum Gasteiger partial charge on any atom is -0.508 e. The number of hydrogen-bond donors (Lipinski definition) is 4. The van der Waals surface area contributed by atoms with Crippen LogP contribution in [0.15, 0.2) is 42.2 Å². The molecular weight excluding hydrogens is 208 g/mol. The molecule has 84 valence electrons. The number of phenols is 1. The number of aromatic hydroxyl groups is 1. The molecule has 0 atom stereocenters. The lowest BCUT2D eigenvalue weighted by Gasteiger charge is -2.22. The van der Waals surface area contributed by atoms with E-state index in [9.17, 15) is 15.3 Å². The zero-order valence-corrected chi connectivity index (χ0v) is 8.46. The van der Waals surface area contributed by atoms with Gasteiger partial charge in [-0.05, 0) is 17.7 Å². The quantitative estimate of drug-likeness (QED) is 0.538. The number of hydrogen-bond acceptors (Lipinski definition) is 4. The van der Waals surface area contributed by atoms with Crippen molar-refractivity contribution in [2.24, 2.45) is 0 Å². The van der Waals surface area contributed by atoms with E-state index >= 15 is 0 Å². The van der Waals surface area contributed by atoms with E-state index in [1.165, 1.54) is 12.1 Å². The standard InChI is InChI=1S/C12H12O4/c13-9-3-1-8(2-4-9)10-5-6-12(15,16)7-11(10)14/h1-5,7,13-16H,6H2. The second-order valence-corrected chi connectivity index (χ2v) is 3.78. The lowest BCUT2D eigenvalue weighted by atomic mass is 9.95. The smallest absolute Gasteiger partial charge is 0.190 e. The van der Waals surface area contributed by atoms with Crippen LogP contribution in [0.4, 0.5) is 0 Å². The van der Waals surface area contributed by atoms with Gasteiger partial charge in [-0.3, -0.25) is 0 Å². The first-order valence-corrected chi connectivity index (χ1v) is 4.84. The zero-order valence-electron chi connectivity index (χ0n) is 8.46. The van der Waals surface area contributed by atoms with Crippen LogP contribution >= 0.6 is 0 Å². The number of phenolic OH excluding ortho intramolecular Hbond substituents is 1. The summed E-state index contributed by atoms with van der Waals surface area (Å²) in [6.07, 6.45) is 2.56. The van der Waals surface area contributed by atoms with E-state index in [4.69, 9.17) is 5.11 Å². The Labute approximate surface area is 92.4 Å². The Hall–Kier alpha value is -1.78. The van der Waals surface area contributed by atoms with Crippen LogP contribution in [-0.2, 0) is 0 Å². The molecule has 16 heavy (non-hydrogen) atoms. The predicted molar refractivity (Wildman–Crippen MR) is 58.6 cm³/mol. The second kappa shape index (κ2) is 3.66. The molecule has 0 bridgehead atoms. The van der Waals surface area contributed by atoms with Gasteiger partial charge in [-0.25, -0.2) is 0 Å². The van der Waals surface area contributed by atoms with Crippen molar-refractivity contribution in [2.45, 2.75) is 12.2 Å². The van der Waals surface area contributed by atoms with E-state index in [0.29, 0.717) is 11.1 Å². The van der Waals surface area contributed by atoms with Crippen LogP contribution in [0.3, 0.4) is 0 Å². The third-order valence-electron chi connectivity index (χ3n) is 2.43. The summed E-state index contributed by atoms with van der Waals surface area (Å²) in [5, 5.41) is 37.3. The van der Waals surface area contributed by atoms with Crippen molar-refractivity contribution in [3.63, 3.8) is 0 Å². The van der Waals surface area contributed by atoms with E-state index in [0.717, 1.165) is 6.08 Å². The van der Waals surface area contributed by atoms with Crippen LogP contribution in [0.2, 0.25) is 0 Å². The maximum Gasteiger partial charge on any atom is 0.190 e. The molecular formula is C12H12O4. The number of aliphatic hydroxyl groups excluding tert-OH is 1. The molecule has 4 nitrogen and oxygen atoms in total. The third kappa shape index (κ3) is 2.08. The topological polar surface area (TPSA) is 80.9 Å². The Bertz CT molecular complexity index is 454. The molecule has 1 aliphatic rings. The summed E-state index contributed by atoms with van der Waals surface area (Å²) in [6.45, 7) is 0. The Kier molecular flexibility index (Phi) is 2.46. The van der Waals surface area contributed by atoms with Crippen LogP contribution in [0.1, 0.15) is 12.0 Å². The van der Waals surface area contributed by atoms with E-state index in [-0.39, 0.29) is 17.9 Å². The fourth-order valence-electron chi connectivity index (χ4n) is 1.62. The maximum atomic E-state index is 9.64. The molecule has 0 aliphatic heterocycles. The van der Waals surface area contributed by atoms with Crippen LogP contribution in [0.5, 0.6) is 5.75 Å². The fraction of sp³-hybridized carbons (Fsp3) is 0.167. The summed E-state index contributed by atoms with van der Waals surface area (Å²) >= 11 is 0. The van der Waals surface area contributed by atoms with E-state index in [2.05, 4.69) is 0 Å². The molecule has 0 unspecified atom stereocenters. The normalized spacial score (nSPS) is 18.9. The number of benzene rings is 1. The molecule has 0 aromatic heterocycles. The highest BCUT2D eigenvalue weighted by molar-refractivity contribution is 5.78. The molecule has 0 fully saturated rings. The largest absolute Gasteiger partial charge is 0.508 e. The predicted octanol–water partition coefficient (Wildman–Crippen LogP) is 1.30. The van der Waals surface area contributed by atoms with Crippen molar-refractivity contribution in [3.8, 4) is 5.75 Å². The van der Waals surface area contributed by atoms with Crippen LogP contribution in [0, 0.1) is 0 Å². The van der Waals surface area contributed by atoms with Crippen LogP contribution < -0.4 is 0 Å². The lowest BCUT2D eigenvalue weighted by molar-refractivity contribution is -0.116. The van der Waals surface area contributed by atoms with Crippen molar-refractivity contribution in [3.05, 3.63) is 47.7 Å². The highest BCUT2D eigenvalue weighted by Crippen LogP contribution is 2.30. The van der Waals surface area contributed by atoms with Crippen molar-refractivity contribution in [1.82, 2.24) is 0 Å². The summed E-state index contributed by atoms with van der Waals surface area (Å²) < 4.78 is 0. The Morgan fingerprint density at radius 1 is 1.00 bits per heavy atom.